The van der Waals surface area contributed by atoms with Gasteiger partial charge in [0.25, 0.3) is 0 Å². The highest BCUT2D eigenvalue weighted by atomic mass is 15.4. The molecule has 2 rings (SSSR count). The summed E-state index contributed by atoms with van der Waals surface area (Å²) in [5.41, 5.74) is 3.31. The third-order valence-electron chi connectivity index (χ3n) is 3.13. The van der Waals surface area contributed by atoms with Gasteiger partial charge in [-0.05, 0) is 31.5 Å². The lowest BCUT2D eigenvalue weighted by Gasteiger charge is -2.19. The fourth-order valence-corrected chi connectivity index (χ4v) is 2.17. The van der Waals surface area contributed by atoms with Gasteiger partial charge < -0.3 is 5.32 Å². The predicted octanol–water partition coefficient (Wildman–Crippen LogP) is 1.80. The lowest BCUT2D eigenvalue weighted by atomic mass is 10.0. The van der Waals surface area contributed by atoms with Crippen LogP contribution in [-0.2, 0) is 13.5 Å². The Balaban J connectivity index is 2.18. The highest BCUT2D eigenvalue weighted by Gasteiger charge is 2.15. The van der Waals surface area contributed by atoms with Crippen LogP contribution < -0.4 is 5.32 Å². The lowest BCUT2D eigenvalue weighted by molar-refractivity contribution is 0.520. The third-order valence-corrected chi connectivity index (χ3v) is 3.13. The fraction of sp³-hybridized carbons (Fsp3) is 0.500. The van der Waals surface area contributed by atoms with Gasteiger partial charge in [-0.3, -0.25) is 9.67 Å². The van der Waals surface area contributed by atoms with Gasteiger partial charge in [0.2, 0.25) is 0 Å². The van der Waals surface area contributed by atoms with Gasteiger partial charge in [0, 0.05) is 37.6 Å². The Bertz CT molecular complexity index is 520. The second kappa shape index (κ2) is 6.43. The summed E-state index contributed by atoms with van der Waals surface area (Å²) < 4.78 is 1.74. The average Bonchev–Trinajstić information content (AvgIpc) is 2.81. The van der Waals surface area contributed by atoms with Crippen molar-refractivity contribution in [1.29, 1.82) is 0 Å². The van der Waals surface area contributed by atoms with Crippen molar-refractivity contribution in [3.63, 3.8) is 0 Å². The zero-order chi connectivity index (χ0) is 13.7. The molecule has 1 unspecified atom stereocenters. The van der Waals surface area contributed by atoms with Gasteiger partial charge in [0.15, 0.2) is 0 Å². The average molecular weight is 259 g/mol. The summed E-state index contributed by atoms with van der Waals surface area (Å²) in [6.07, 6.45) is 5.74. The van der Waals surface area contributed by atoms with Crippen molar-refractivity contribution in [2.24, 2.45) is 7.05 Å². The van der Waals surface area contributed by atoms with E-state index in [4.69, 9.17) is 0 Å². The molecule has 0 saturated carbocycles. The molecule has 0 saturated heterocycles. The molecule has 0 aliphatic carbocycles. The smallest absolute Gasteiger partial charge is 0.0845 e. The number of rotatable bonds is 6. The molecule has 5 nitrogen and oxygen atoms in total. The highest BCUT2D eigenvalue weighted by Crippen LogP contribution is 2.19. The largest absolute Gasteiger partial charge is 0.310 e. The maximum Gasteiger partial charge on any atom is 0.0845 e. The van der Waals surface area contributed by atoms with E-state index in [1.165, 1.54) is 5.56 Å². The number of nitrogens with zero attached hydrogens (tertiary/aromatic N) is 4. The molecule has 1 N–H and O–H groups in total. The van der Waals surface area contributed by atoms with Crippen molar-refractivity contribution < 1.29 is 0 Å². The Morgan fingerprint density at radius 2 is 2.26 bits per heavy atom. The third kappa shape index (κ3) is 3.61. The molecule has 5 heteroatoms. The minimum Gasteiger partial charge on any atom is -0.310 e. The Labute approximate surface area is 114 Å². The van der Waals surface area contributed by atoms with Crippen molar-refractivity contribution in [2.45, 2.75) is 32.7 Å². The molecule has 0 bridgehead atoms. The van der Waals surface area contributed by atoms with Crippen LogP contribution in [0.1, 0.15) is 36.3 Å². The van der Waals surface area contributed by atoms with Crippen molar-refractivity contribution in [3.05, 3.63) is 41.5 Å². The molecule has 0 aliphatic rings. The van der Waals surface area contributed by atoms with Gasteiger partial charge in [0.1, 0.15) is 0 Å². The molecule has 0 aromatic carbocycles. The Morgan fingerprint density at radius 1 is 1.42 bits per heavy atom. The molecule has 0 spiro atoms. The molecule has 0 aliphatic heterocycles. The quantitative estimate of drug-likeness (QED) is 0.859. The maximum atomic E-state index is 4.37. The highest BCUT2D eigenvalue weighted by molar-refractivity contribution is 5.23. The zero-order valence-electron chi connectivity index (χ0n) is 11.8. The van der Waals surface area contributed by atoms with E-state index < -0.39 is 0 Å². The summed E-state index contributed by atoms with van der Waals surface area (Å²) in [4.78, 5) is 4.37. The molecule has 0 amide bonds. The monoisotopic (exact) mass is 259 g/mol. The summed E-state index contributed by atoms with van der Waals surface area (Å²) in [6, 6.07) is 4.36. The molecule has 2 heterocycles. The van der Waals surface area contributed by atoms with Gasteiger partial charge in [0.05, 0.1) is 5.69 Å². The van der Waals surface area contributed by atoms with E-state index in [-0.39, 0.29) is 6.04 Å². The number of hydrogen-bond acceptors (Lipinski definition) is 4. The van der Waals surface area contributed by atoms with E-state index in [2.05, 4.69) is 33.6 Å². The number of pyridine rings is 1. The Morgan fingerprint density at radius 3 is 2.89 bits per heavy atom. The first kappa shape index (κ1) is 13.7. The number of hydrogen-bond donors (Lipinski definition) is 1. The fourth-order valence-electron chi connectivity index (χ4n) is 2.17. The SMILES string of the molecule is CCCNC(Cc1cn(C)nn1)c1cccnc1C. The van der Waals surface area contributed by atoms with Crippen LogP contribution in [0.4, 0.5) is 0 Å². The van der Waals surface area contributed by atoms with E-state index in [1.54, 1.807) is 4.68 Å². The van der Waals surface area contributed by atoms with Crippen LogP contribution in [0.5, 0.6) is 0 Å². The first-order valence-corrected chi connectivity index (χ1v) is 6.70. The number of nitrogens with one attached hydrogen (secondary N) is 1. The van der Waals surface area contributed by atoms with E-state index in [0.717, 1.165) is 30.8 Å². The van der Waals surface area contributed by atoms with Crippen LogP contribution >= 0.6 is 0 Å². The van der Waals surface area contributed by atoms with Crippen LogP contribution in [0.25, 0.3) is 0 Å². The summed E-state index contributed by atoms with van der Waals surface area (Å²) in [7, 11) is 1.89. The van der Waals surface area contributed by atoms with Crippen molar-refractivity contribution >= 4 is 0 Å². The van der Waals surface area contributed by atoms with E-state index >= 15 is 0 Å². The summed E-state index contributed by atoms with van der Waals surface area (Å²) >= 11 is 0. The van der Waals surface area contributed by atoms with Crippen LogP contribution in [0.15, 0.2) is 24.5 Å². The van der Waals surface area contributed by atoms with E-state index in [0.29, 0.717) is 0 Å². The second-order valence-corrected chi connectivity index (χ2v) is 4.77. The molecule has 1 atom stereocenters. The van der Waals surface area contributed by atoms with E-state index in [1.807, 2.05) is 32.4 Å². The standard InChI is InChI=1S/C14H21N5/c1-4-7-16-14(9-12-10-19(3)18-17-12)13-6-5-8-15-11(13)2/h5-6,8,10,14,16H,4,7,9H2,1-3H3. The summed E-state index contributed by atoms with van der Waals surface area (Å²) in [5.74, 6) is 0. The maximum absolute atomic E-state index is 4.37. The molecular weight excluding hydrogens is 238 g/mol. The first-order valence-electron chi connectivity index (χ1n) is 6.70. The van der Waals surface area contributed by atoms with Crippen molar-refractivity contribution in [1.82, 2.24) is 25.3 Å². The molecule has 0 radical (unpaired) electrons. The molecule has 2 aromatic heterocycles. The lowest BCUT2D eigenvalue weighted by Crippen LogP contribution is -2.25. The predicted molar refractivity (Wildman–Crippen MR) is 74.7 cm³/mol. The van der Waals surface area contributed by atoms with Gasteiger partial charge >= 0.3 is 0 Å². The molecule has 2 aromatic rings. The minimum absolute atomic E-state index is 0.241. The van der Waals surface area contributed by atoms with Crippen LogP contribution in [0.2, 0.25) is 0 Å². The molecular formula is C14H21N5. The van der Waals surface area contributed by atoms with Crippen LogP contribution in [-0.4, -0.2) is 26.5 Å². The molecule has 0 fully saturated rings. The van der Waals surface area contributed by atoms with Crippen LogP contribution in [0, 0.1) is 6.92 Å². The molecule has 102 valence electrons. The van der Waals surface area contributed by atoms with Crippen molar-refractivity contribution in [2.75, 3.05) is 6.54 Å². The van der Waals surface area contributed by atoms with Gasteiger partial charge in [-0.1, -0.05) is 18.2 Å². The number of aryl methyl sites for hydroxylation is 2. The Hall–Kier alpha value is -1.75. The van der Waals surface area contributed by atoms with Gasteiger partial charge in [-0.25, -0.2) is 0 Å². The first-order chi connectivity index (χ1) is 9.20. The van der Waals surface area contributed by atoms with E-state index in [9.17, 15) is 0 Å². The second-order valence-electron chi connectivity index (χ2n) is 4.77. The molecule has 19 heavy (non-hydrogen) atoms. The zero-order valence-corrected chi connectivity index (χ0v) is 11.8. The van der Waals surface area contributed by atoms with Crippen molar-refractivity contribution in [3.8, 4) is 0 Å². The van der Waals surface area contributed by atoms with Gasteiger partial charge in [-0.2, -0.15) is 0 Å². The van der Waals surface area contributed by atoms with Crippen LogP contribution in [0.3, 0.4) is 0 Å². The van der Waals surface area contributed by atoms with Gasteiger partial charge in [-0.15, -0.1) is 5.10 Å². The number of aromatic nitrogens is 4. The minimum atomic E-state index is 0.241. The Kier molecular flexibility index (Phi) is 4.63. The normalized spacial score (nSPS) is 12.6. The topological polar surface area (TPSA) is 55.6 Å². The summed E-state index contributed by atoms with van der Waals surface area (Å²) in [5, 5.41) is 11.7. The summed E-state index contributed by atoms with van der Waals surface area (Å²) in [6.45, 7) is 5.20.